The summed E-state index contributed by atoms with van der Waals surface area (Å²) < 4.78 is 6.32. The Morgan fingerprint density at radius 1 is 1.05 bits per heavy atom. The molecule has 0 saturated carbocycles. The van der Waals surface area contributed by atoms with Crippen LogP contribution in [0.4, 0.5) is 11.5 Å². The van der Waals surface area contributed by atoms with Gasteiger partial charge in [-0.3, -0.25) is 0 Å². The van der Waals surface area contributed by atoms with Crippen molar-refractivity contribution >= 4 is 22.3 Å². The van der Waals surface area contributed by atoms with Gasteiger partial charge >= 0.3 is 6.01 Å². The molecule has 0 aliphatic carbocycles. The van der Waals surface area contributed by atoms with Gasteiger partial charge in [-0.25, -0.2) is 6.57 Å². The third-order valence-electron chi connectivity index (χ3n) is 8.81. The molecule has 7 heteroatoms. The molecule has 7 nitrogen and oxygen atoms in total. The lowest BCUT2D eigenvalue weighted by atomic mass is 9.92. The minimum atomic E-state index is 0.390. The maximum Gasteiger partial charge on any atom is 0.318 e. The van der Waals surface area contributed by atoms with Gasteiger partial charge in [-0.1, -0.05) is 36.4 Å². The predicted molar refractivity (Wildman–Crippen MR) is 153 cm³/mol. The first kappa shape index (κ1) is 24.9. The highest BCUT2D eigenvalue weighted by Gasteiger charge is 2.33. The average Bonchev–Trinajstić information content (AvgIpc) is 3.36. The minimum absolute atomic E-state index is 0.390. The fraction of sp³-hybridized carbons (Fsp3) is 0.516. The molecule has 3 aliphatic rings. The fourth-order valence-electron chi connectivity index (χ4n) is 6.50. The number of anilines is 2. The molecule has 3 atom stereocenters. The van der Waals surface area contributed by atoms with Gasteiger partial charge in [-0.15, -0.1) is 0 Å². The van der Waals surface area contributed by atoms with E-state index in [1.807, 2.05) is 0 Å². The average molecular weight is 511 g/mol. The summed E-state index contributed by atoms with van der Waals surface area (Å²) in [6.45, 7) is 14.6. The van der Waals surface area contributed by atoms with E-state index in [0.717, 1.165) is 63.4 Å². The number of nitrogens with zero attached hydrogens (tertiary/aromatic N) is 6. The van der Waals surface area contributed by atoms with Gasteiger partial charge < -0.3 is 24.3 Å². The number of likely N-dealkylation sites (tertiary alicyclic amines) is 1. The van der Waals surface area contributed by atoms with Gasteiger partial charge in [0, 0.05) is 47.7 Å². The summed E-state index contributed by atoms with van der Waals surface area (Å²) in [7, 11) is 2.18. The van der Waals surface area contributed by atoms with Gasteiger partial charge in [0.25, 0.3) is 0 Å². The largest absolute Gasteiger partial charge is 0.462 e. The monoisotopic (exact) mass is 510 g/mol. The molecule has 2 saturated heterocycles. The Hall–Kier alpha value is -3.37. The standard InChI is InChI=1S/C31H38N6O/c1-22-13-14-23(18-32-2)19-37(22)30-27-15-17-36(29-12-6-9-24-8-4-5-11-26(24)29)20-28(27)33-31(34-30)38-21-25-10-7-16-35(25)3/h4-6,8-9,11-12,22-23,25H,7,10,13-21H2,1,3H3/t22-,23+,25+/m1/s1. The summed E-state index contributed by atoms with van der Waals surface area (Å²) in [4.78, 5) is 21.1. The van der Waals surface area contributed by atoms with Gasteiger partial charge in [0.15, 0.2) is 0 Å². The number of likely N-dealkylation sites (N-methyl/N-ethyl adjacent to an activating group) is 1. The molecule has 0 N–H and O–H groups in total. The van der Waals surface area contributed by atoms with Crippen molar-refractivity contribution in [3.63, 3.8) is 0 Å². The maximum absolute atomic E-state index is 7.41. The molecule has 38 heavy (non-hydrogen) atoms. The molecule has 4 heterocycles. The lowest BCUT2D eigenvalue weighted by molar-refractivity contribution is 0.187. The summed E-state index contributed by atoms with van der Waals surface area (Å²) in [6, 6.07) is 16.5. The summed E-state index contributed by atoms with van der Waals surface area (Å²) in [5.41, 5.74) is 3.58. The molecule has 0 spiro atoms. The molecule has 198 valence electrons. The number of piperidine rings is 1. The first-order valence-electron chi connectivity index (χ1n) is 14.2. The van der Waals surface area contributed by atoms with Crippen LogP contribution in [0.5, 0.6) is 6.01 Å². The quantitative estimate of drug-likeness (QED) is 0.426. The minimum Gasteiger partial charge on any atom is -0.462 e. The van der Waals surface area contributed by atoms with Crippen molar-refractivity contribution < 1.29 is 4.74 Å². The SMILES string of the molecule is [C-]#[N+]C[C@@H]1CC[C@@H](C)N(c2nc(OC[C@@H]3CCCN3C)nc3c2CCN(c2cccc4ccccc24)C3)C1. The van der Waals surface area contributed by atoms with Crippen molar-refractivity contribution in [1.82, 2.24) is 14.9 Å². The molecule has 0 unspecified atom stereocenters. The van der Waals surface area contributed by atoms with Crippen molar-refractivity contribution in [3.8, 4) is 6.01 Å². The fourth-order valence-corrected chi connectivity index (χ4v) is 6.50. The molecule has 0 bridgehead atoms. The van der Waals surface area contributed by atoms with Crippen LogP contribution in [0.2, 0.25) is 0 Å². The lowest BCUT2D eigenvalue weighted by Gasteiger charge is -2.40. The molecule has 1 aromatic heterocycles. The van der Waals surface area contributed by atoms with Crippen molar-refractivity contribution in [3.05, 3.63) is 65.1 Å². The van der Waals surface area contributed by atoms with Crippen LogP contribution < -0.4 is 14.5 Å². The van der Waals surface area contributed by atoms with Crippen molar-refractivity contribution in [2.75, 3.05) is 49.6 Å². The van der Waals surface area contributed by atoms with E-state index in [9.17, 15) is 0 Å². The number of hydrogen-bond acceptors (Lipinski definition) is 6. The second kappa shape index (κ2) is 10.8. The van der Waals surface area contributed by atoms with Crippen LogP contribution in [0.1, 0.15) is 43.9 Å². The molecule has 0 radical (unpaired) electrons. The summed E-state index contributed by atoms with van der Waals surface area (Å²) in [5, 5.41) is 2.54. The van der Waals surface area contributed by atoms with E-state index >= 15 is 0 Å². The molecule has 2 aromatic carbocycles. The van der Waals surface area contributed by atoms with Crippen LogP contribution in [0.15, 0.2) is 42.5 Å². The summed E-state index contributed by atoms with van der Waals surface area (Å²) in [5.74, 6) is 1.42. The van der Waals surface area contributed by atoms with Gasteiger partial charge in [0.05, 0.1) is 12.2 Å². The normalized spacial score (nSPS) is 23.9. The Balaban J connectivity index is 1.34. The van der Waals surface area contributed by atoms with Gasteiger partial charge in [0.2, 0.25) is 6.54 Å². The second-order valence-corrected chi connectivity index (χ2v) is 11.3. The van der Waals surface area contributed by atoms with Crippen LogP contribution in [0, 0.1) is 12.5 Å². The molecular formula is C31H38N6O. The highest BCUT2D eigenvalue weighted by molar-refractivity contribution is 5.94. The maximum atomic E-state index is 7.41. The summed E-state index contributed by atoms with van der Waals surface area (Å²) >= 11 is 0. The highest BCUT2D eigenvalue weighted by Crippen LogP contribution is 2.36. The molecular weight excluding hydrogens is 472 g/mol. The number of benzene rings is 2. The van der Waals surface area contributed by atoms with Crippen LogP contribution in [0.25, 0.3) is 15.6 Å². The van der Waals surface area contributed by atoms with Crippen LogP contribution in [-0.2, 0) is 13.0 Å². The van der Waals surface area contributed by atoms with Gasteiger partial charge in [-0.2, -0.15) is 9.97 Å². The van der Waals surface area contributed by atoms with E-state index in [1.54, 1.807) is 0 Å². The smallest absolute Gasteiger partial charge is 0.318 e. The van der Waals surface area contributed by atoms with E-state index in [2.05, 4.69) is 76.0 Å². The van der Waals surface area contributed by atoms with Crippen molar-refractivity contribution in [1.29, 1.82) is 0 Å². The third kappa shape index (κ3) is 4.90. The van der Waals surface area contributed by atoms with Crippen molar-refractivity contribution in [2.45, 2.75) is 57.7 Å². The number of fused-ring (bicyclic) bond motifs is 2. The Bertz CT molecular complexity index is 1330. The molecule has 3 aromatic rings. The number of aromatic nitrogens is 2. The van der Waals surface area contributed by atoms with Crippen LogP contribution >= 0.6 is 0 Å². The topological polar surface area (TPSA) is 49.1 Å². The number of rotatable bonds is 6. The van der Waals surface area contributed by atoms with E-state index in [0.29, 0.717) is 37.2 Å². The number of ether oxygens (including phenoxy) is 1. The molecule has 6 rings (SSSR count). The zero-order chi connectivity index (χ0) is 26.1. The van der Waals surface area contributed by atoms with E-state index in [4.69, 9.17) is 21.3 Å². The van der Waals surface area contributed by atoms with Gasteiger partial charge in [-0.05, 0) is 64.1 Å². The van der Waals surface area contributed by atoms with Crippen LogP contribution in [0.3, 0.4) is 0 Å². The Morgan fingerprint density at radius 2 is 1.92 bits per heavy atom. The zero-order valence-corrected chi connectivity index (χ0v) is 22.6. The second-order valence-electron chi connectivity index (χ2n) is 11.3. The molecule has 2 fully saturated rings. The molecule has 3 aliphatic heterocycles. The third-order valence-corrected chi connectivity index (χ3v) is 8.81. The lowest BCUT2D eigenvalue weighted by Crippen LogP contribution is -2.44. The van der Waals surface area contributed by atoms with E-state index < -0.39 is 0 Å². The summed E-state index contributed by atoms with van der Waals surface area (Å²) in [6.07, 6.45) is 5.47. The van der Waals surface area contributed by atoms with E-state index in [-0.39, 0.29) is 0 Å². The predicted octanol–water partition coefficient (Wildman–Crippen LogP) is 5.19. The van der Waals surface area contributed by atoms with Gasteiger partial charge in [0.1, 0.15) is 12.4 Å². The van der Waals surface area contributed by atoms with E-state index in [1.165, 1.54) is 28.4 Å². The number of hydrogen-bond donors (Lipinski definition) is 0. The Kier molecular flexibility index (Phi) is 7.08. The highest BCUT2D eigenvalue weighted by atomic mass is 16.5. The first-order chi connectivity index (χ1) is 18.6. The Morgan fingerprint density at radius 3 is 2.76 bits per heavy atom. The zero-order valence-electron chi connectivity index (χ0n) is 22.6. The Labute approximate surface area is 226 Å². The van der Waals surface area contributed by atoms with Crippen LogP contribution in [-0.4, -0.2) is 66.8 Å². The first-order valence-corrected chi connectivity index (χ1v) is 14.2. The molecule has 0 amide bonds. The van der Waals surface area contributed by atoms with Crippen molar-refractivity contribution in [2.24, 2.45) is 5.92 Å².